The summed E-state index contributed by atoms with van der Waals surface area (Å²) in [6.45, 7) is 15.4. The normalized spacial score (nSPS) is 10.1. The van der Waals surface area contributed by atoms with E-state index in [9.17, 15) is 4.79 Å². The Labute approximate surface area is 92.9 Å². The largest absolute Gasteiger partial charge is 0.299 e. The fraction of sp³-hybridized carbons (Fsp3) is 0.727. The molecule has 0 atom stereocenters. The minimum Gasteiger partial charge on any atom is -0.299 e. The first kappa shape index (κ1) is 16.1. The van der Waals surface area contributed by atoms with Crippen molar-refractivity contribution in [1.29, 1.82) is 0 Å². The molecule has 0 aromatic rings. The van der Waals surface area contributed by atoms with Crippen molar-refractivity contribution in [1.82, 2.24) is 4.90 Å². The second-order valence-electron chi connectivity index (χ2n) is 3.53. The van der Waals surface area contributed by atoms with Gasteiger partial charge in [-0.25, -0.2) is 0 Å². The van der Waals surface area contributed by atoms with Crippen molar-refractivity contribution < 1.29 is 4.79 Å². The summed E-state index contributed by atoms with van der Waals surface area (Å²) < 4.78 is 0. The number of rotatable bonds is 4. The zero-order chi connectivity index (χ0) is 11.7. The molecule has 0 heterocycles. The molecule has 0 radical (unpaired) electrons. The Hall–Kier alpha value is -0.340. The SMILES string of the molecule is C=CC(=O)Cl.CCN(C(C)C)C(C)C. The summed E-state index contributed by atoms with van der Waals surface area (Å²) in [5, 5.41) is -0.509. The molecule has 0 N–H and O–H groups in total. The Morgan fingerprint density at radius 3 is 1.64 bits per heavy atom. The molecular formula is C11H22ClNO. The van der Waals surface area contributed by atoms with Gasteiger partial charge in [-0.1, -0.05) is 13.5 Å². The minimum absolute atomic E-state index is 0.509. The molecule has 84 valence electrons. The Kier molecular flexibility index (Phi) is 10.6. The molecule has 0 amide bonds. The lowest BCUT2D eigenvalue weighted by Crippen LogP contribution is -2.36. The lowest BCUT2D eigenvalue weighted by molar-refractivity contribution is -0.107. The molecule has 0 saturated carbocycles. The lowest BCUT2D eigenvalue weighted by Gasteiger charge is -2.28. The van der Waals surface area contributed by atoms with Crippen LogP contribution in [0.15, 0.2) is 12.7 Å². The van der Waals surface area contributed by atoms with E-state index in [2.05, 4.69) is 46.1 Å². The van der Waals surface area contributed by atoms with Gasteiger partial charge >= 0.3 is 0 Å². The van der Waals surface area contributed by atoms with Gasteiger partial charge < -0.3 is 0 Å². The molecule has 0 unspecified atom stereocenters. The maximum absolute atomic E-state index is 9.46. The maximum Gasteiger partial charge on any atom is 0.244 e. The molecule has 0 saturated heterocycles. The number of carbonyl (C=O) groups is 1. The van der Waals surface area contributed by atoms with E-state index in [1.165, 1.54) is 0 Å². The average Bonchev–Trinajstić information content (AvgIpc) is 2.05. The van der Waals surface area contributed by atoms with Crippen LogP contribution in [0.3, 0.4) is 0 Å². The Morgan fingerprint density at radius 2 is 1.64 bits per heavy atom. The Morgan fingerprint density at radius 1 is 1.36 bits per heavy atom. The van der Waals surface area contributed by atoms with Gasteiger partial charge in [-0.2, -0.15) is 0 Å². The molecule has 0 aliphatic heterocycles. The molecule has 0 aliphatic rings. The van der Waals surface area contributed by atoms with E-state index in [4.69, 9.17) is 11.6 Å². The molecule has 2 nitrogen and oxygen atoms in total. The third-order valence-electron chi connectivity index (χ3n) is 1.85. The second kappa shape index (κ2) is 9.22. The van der Waals surface area contributed by atoms with Gasteiger partial charge in [-0.3, -0.25) is 9.69 Å². The Bertz CT molecular complexity index is 159. The van der Waals surface area contributed by atoms with Crippen molar-refractivity contribution in [3.8, 4) is 0 Å². The lowest BCUT2D eigenvalue weighted by atomic mass is 10.2. The zero-order valence-corrected chi connectivity index (χ0v) is 10.6. The van der Waals surface area contributed by atoms with Gasteiger partial charge in [0, 0.05) is 12.1 Å². The summed E-state index contributed by atoms with van der Waals surface area (Å²) in [7, 11) is 0. The minimum atomic E-state index is -0.509. The van der Waals surface area contributed by atoms with Crippen molar-refractivity contribution >= 4 is 16.8 Å². The van der Waals surface area contributed by atoms with Crippen LogP contribution in [0.4, 0.5) is 0 Å². The molecule has 0 spiro atoms. The molecule has 0 aromatic carbocycles. The van der Waals surface area contributed by atoms with Crippen LogP contribution in [-0.4, -0.2) is 28.8 Å². The first-order chi connectivity index (χ1) is 6.36. The number of carbonyl (C=O) groups excluding carboxylic acids is 1. The van der Waals surface area contributed by atoms with Gasteiger partial charge in [0.05, 0.1) is 0 Å². The summed E-state index contributed by atoms with van der Waals surface area (Å²) in [5.41, 5.74) is 0. The summed E-state index contributed by atoms with van der Waals surface area (Å²) in [4.78, 5) is 11.9. The average molecular weight is 220 g/mol. The van der Waals surface area contributed by atoms with Gasteiger partial charge in [0.25, 0.3) is 0 Å². The highest BCUT2D eigenvalue weighted by Gasteiger charge is 2.08. The Balaban J connectivity index is 0. The predicted molar refractivity (Wildman–Crippen MR) is 63.7 cm³/mol. The topological polar surface area (TPSA) is 20.3 Å². The first-order valence-electron chi connectivity index (χ1n) is 4.94. The summed E-state index contributed by atoms with van der Waals surface area (Å²) >= 11 is 4.71. The molecule has 0 bridgehead atoms. The van der Waals surface area contributed by atoms with E-state index >= 15 is 0 Å². The van der Waals surface area contributed by atoms with Gasteiger partial charge in [0.2, 0.25) is 5.24 Å². The van der Waals surface area contributed by atoms with Crippen LogP contribution in [0, 0.1) is 0 Å². The maximum atomic E-state index is 9.46. The number of nitrogens with zero attached hydrogens (tertiary/aromatic N) is 1. The van der Waals surface area contributed by atoms with Gasteiger partial charge in [0.1, 0.15) is 0 Å². The van der Waals surface area contributed by atoms with Crippen molar-refractivity contribution in [2.24, 2.45) is 0 Å². The third-order valence-corrected chi connectivity index (χ3v) is 2.01. The van der Waals surface area contributed by atoms with Crippen molar-refractivity contribution in [2.75, 3.05) is 6.54 Å². The van der Waals surface area contributed by atoms with Crippen LogP contribution in [0.5, 0.6) is 0 Å². The number of halogens is 1. The number of hydrogen-bond acceptors (Lipinski definition) is 2. The van der Waals surface area contributed by atoms with Gasteiger partial charge in [-0.05, 0) is 51.9 Å². The summed E-state index contributed by atoms with van der Waals surface area (Å²) in [5.74, 6) is 0. The molecule has 0 rings (SSSR count). The summed E-state index contributed by atoms with van der Waals surface area (Å²) in [6.07, 6.45) is 1.04. The summed E-state index contributed by atoms with van der Waals surface area (Å²) in [6, 6.07) is 1.38. The highest BCUT2D eigenvalue weighted by Crippen LogP contribution is 2.02. The third kappa shape index (κ3) is 9.75. The van der Waals surface area contributed by atoms with Crippen molar-refractivity contribution in [3.05, 3.63) is 12.7 Å². The van der Waals surface area contributed by atoms with E-state index in [0.717, 1.165) is 12.6 Å². The van der Waals surface area contributed by atoms with Crippen LogP contribution in [0.2, 0.25) is 0 Å². The fourth-order valence-corrected chi connectivity index (χ4v) is 1.33. The molecule has 0 fully saturated rings. The van der Waals surface area contributed by atoms with Crippen LogP contribution < -0.4 is 0 Å². The van der Waals surface area contributed by atoms with Crippen molar-refractivity contribution in [2.45, 2.75) is 46.7 Å². The molecule has 0 aliphatic carbocycles. The quantitative estimate of drug-likeness (QED) is 0.535. The second-order valence-corrected chi connectivity index (χ2v) is 3.90. The predicted octanol–water partition coefficient (Wildman–Crippen LogP) is 3.06. The first-order valence-corrected chi connectivity index (χ1v) is 5.32. The number of allylic oxidation sites excluding steroid dienone is 1. The molecule has 14 heavy (non-hydrogen) atoms. The fourth-order valence-electron chi connectivity index (χ4n) is 1.33. The highest BCUT2D eigenvalue weighted by molar-refractivity contribution is 6.66. The number of hydrogen-bond donors (Lipinski definition) is 0. The van der Waals surface area contributed by atoms with Crippen LogP contribution in [-0.2, 0) is 4.79 Å². The standard InChI is InChI=1S/C8H19N.C3H3ClO/c1-6-9(7(2)3)8(4)5;1-2-3(4)5/h7-8H,6H2,1-5H3;2H,1H2. The van der Waals surface area contributed by atoms with E-state index in [-0.39, 0.29) is 0 Å². The molecule has 3 heteroatoms. The smallest absolute Gasteiger partial charge is 0.244 e. The highest BCUT2D eigenvalue weighted by atomic mass is 35.5. The van der Waals surface area contributed by atoms with E-state index in [1.807, 2.05) is 0 Å². The van der Waals surface area contributed by atoms with Gasteiger partial charge in [0.15, 0.2) is 0 Å². The molecular weight excluding hydrogens is 198 g/mol. The van der Waals surface area contributed by atoms with Crippen molar-refractivity contribution in [3.63, 3.8) is 0 Å². The van der Waals surface area contributed by atoms with Crippen LogP contribution in [0.1, 0.15) is 34.6 Å². The van der Waals surface area contributed by atoms with Gasteiger partial charge in [-0.15, -0.1) is 0 Å². The van der Waals surface area contributed by atoms with Crippen LogP contribution >= 0.6 is 11.6 Å². The monoisotopic (exact) mass is 219 g/mol. The molecule has 0 aromatic heterocycles. The van der Waals surface area contributed by atoms with E-state index < -0.39 is 5.24 Å². The zero-order valence-electron chi connectivity index (χ0n) is 9.88. The van der Waals surface area contributed by atoms with E-state index in [0.29, 0.717) is 12.1 Å². The van der Waals surface area contributed by atoms with E-state index in [1.54, 1.807) is 0 Å². The van der Waals surface area contributed by atoms with Crippen LogP contribution in [0.25, 0.3) is 0 Å².